The number of hydrogen-bond donors (Lipinski definition) is 1. The lowest BCUT2D eigenvalue weighted by Crippen LogP contribution is -2.06. The molecule has 0 spiro atoms. The SMILES string of the molecule is Cc1nc2cc(F)c(-c3ccc(CN)cc3)cn2c1Cc1ccccc1OC(F)F. The van der Waals surface area contributed by atoms with Gasteiger partial charge in [0.05, 0.1) is 5.69 Å². The average molecular weight is 411 g/mol. The highest BCUT2D eigenvalue weighted by molar-refractivity contribution is 5.66. The highest BCUT2D eigenvalue weighted by Gasteiger charge is 2.17. The van der Waals surface area contributed by atoms with Gasteiger partial charge in [0.15, 0.2) is 0 Å². The minimum absolute atomic E-state index is 0.113. The van der Waals surface area contributed by atoms with Gasteiger partial charge in [-0.25, -0.2) is 9.37 Å². The summed E-state index contributed by atoms with van der Waals surface area (Å²) in [5.74, 6) is -0.275. The maximum absolute atomic E-state index is 14.8. The summed E-state index contributed by atoms with van der Waals surface area (Å²) in [6.07, 6.45) is 2.00. The summed E-state index contributed by atoms with van der Waals surface area (Å²) in [7, 11) is 0. The molecule has 7 heteroatoms. The first-order valence-electron chi connectivity index (χ1n) is 9.45. The number of pyridine rings is 1. The Morgan fingerprint density at radius 1 is 1.10 bits per heavy atom. The van der Waals surface area contributed by atoms with Crippen molar-refractivity contribution >= 4 is 5.65 Å². The first-order valence-corrected chi connectivity index (χ1v) is 9.45. The molecule has 0 aliphatic heterocycles. The quantitative estimate of drug-likeness (QED) is 0.480. The van der Waals surface area contributed by atoms with Crippen LogP contribution in [0.4, 0.5) is 13.2 Å². The molecule has 0 aliphatic rings. The molecule has 30 heavy (non-hydrogen) atoms. The van der Waals surface area contributed by atoms with E-state index >= 15 is 0 Å². The Kier molecular flexibility index (Phi) is 5.46. The van der Waals surface area contributed by atoms with Gasteiger partial charge in [-0.3, -0.25) is 0 Å². The molecule has 0 aliphatic carbocycles. The number of alkyl halides is 2. The van der Waals surface area contributed by atoms with Gasteiger partial charge >= 0.3 is 6.61 Å². The third-order valence-electron chi connectivity index (χ3n) is 5.06. The van der Waals surface area contributed by atoms with Crippen molar-refractivity contribution in [1.29, 1.82) is 0 Å². The highest BCUT2D eigenvalue weighted by Crippen LogP contribution is 2.28. The van der Waals surface area contributed by atoms with Gasteiger partial charge in [-0.1, -0.05) is 42.5 Å². The molecule has 0 amide bonds. The summed E-state index contributed by atoms with van der Waals surface area (Å²) in [6, 6.07) is 15.4. The lowest BCUT2D eigenvalue weighted by atomic mass is 10.0. The number of imidazole rings is 1. The summed E-state index contributed by atoms with van der Waals surface area (Å²) in [5.41, 5.74) is 10.2. The van der Waals surface area contributed by atoms with Gasteiger partial charge < -0.3 is 14.9 Å². The van der Waals surface area contributed by atoms with Gasteiger partial charge in [-0.05, 0) is 24.1 Å². The first kappa shape index (κ1) is 20.0. The number of aromatic nitrogens is 2. The third-order valence-corrected chi connectivity index (χ3v) is 5.06. The Balaban J connectivity index is 1.79. The van der Waals surface area contributed by atoms with Crippen LogP contribution in [-0.2, 0) is 13.0 Å². The number of nitrogens with two attached hydrogens (primary N) is 1. The number of aryl methyl sites for hydroxylation is 1. The molecule has 4 nitrogen and oxygen atoms in total. The molecule has 0 atom stereocenters. The minimum atomic E-state index is -2.91. The standard InChI is InChI=1S/C23H20F3N3O/c1-14-20(10-17-4-2-3-5-21(17)30-23(25)26)29-13-18(19(24)11-22(29)28-14)16-8-6-15(12-27)7-9-16/h2-9,11,13,23H,10,12,27H2,1H3. The van der Waals surface area contributed by atoms with Crippen molar-refractivity contribution in [3.63, 3.8) is 0 Å². The van der Waals surface area contributed by atoms with E-state index in [1.165, 1.54) is 12.1 Å². The molecule has 2 aromatic carbocycles. The number of fused-ring (bicyclic) bond motifs is 1. The van der Waals surface area contributed by atoms with E-state index in [1.807, 2.05) is 31.2 Å². The van der Waals surface area contributed by atoms with Crippen LogP contribution in [-0.4, -0.2) is 16.0 Å². The van der Waals surface area contributed by atoms with Crippen molar-refractivity contribution < 1.29 is 17.9 Å². The van der Waals surface area contributed by atoms with Crippen LogP contribution in [0.3, 0.4) is 0 Å². The molecule has 0 bridgehead atoms. The van der Waals surface area contributed by atoms with Crippen LogP contribution in [0.2, 0.25) is 0 Å². The van der Waals surface area contributed by atoms with Crippen LogP contribution in [0.15, 0.2) is 60.8 Å². The summed E-state index contributed by atoms with van der Waals surface area (Å²) in [5, 5.41) is 0. The molecule has 4 rings (SSSR count). The number of para-hydroxylation sites is 1. The first-order chi connectivity index (χ1) is 14.5. The van der Waals surface area contributed by atoms with Gasteiger partial charge in [0.2, 0.25) is 0 Å². The maximum atomic E-state index is 14.8. The van der Waals surface area contributed by atoms with E-state index in [9.17, 15) is 13.2 Å². The molecule has 2 N–H and O–H groups in total. The Bertz CT molecular complexity index is 1190. The van der Waals surface area contributed by atoms with Crippen molar-refractivity contribution in [3.8, 4) is 16.9 Å². The smallest absolute Gasteiger partial charge is 0.387 e. The van der Waals surface area contributed by atoms with E-state index in [2.05, 4.69) is 9.72 Å². The van der Waals surface area contributed by atoms with E-state index in [4.69, 9.17) is 5.73 Å². The minimum Gasteiger partial charge on any atom is -0.435 e. The third kappa shape index (κ3) is 3.89. The summed E-state index contributed by atoms with van der Waals surface area (Å²) in [6.45, 7) is -0.689. The largest absolute Gasteiger partial charge is 0.435 e. The highest BCUT2D eigenvalue weighted by atomic mass is 19.3. The second-order valence-electron chi connectivity index (χ2n) is 6.97. The van der Waals surface area contributed by atoms with Crippen LogP contribution in [0.25, 0.3) is 16.8 Å². The monoisotopic (exact) mass is 411 g/mol. The number of rotatable bonds is 6. The fraction of sp³-hybridized carbons (Fsp3) is 0.174. The van der Waals surface area contributed by atoms with Crippen LogP contribution >= 0.6 is 0 Å². The lowest BCUT2D eigenvalue weighted by molar-refractivity contribution is -0.0503. The Morgan fingerprint density at radius 3 is 2.53 bits per heavy atom. The van der Waals surface area contributed by atoms with Crippen LogP contribution in [0.1, 0.15) is 22.5 Å². The topological polar surface area (TPSA) is 52.5 Å². The summed E-state index contributed by atoms with van der Waals surface area (Å²) < 4.78 is 46.7. The molecule has 2 aromatic heterocycles. The zero-order chi connectivity index (χ0) is 21.3. The van der Waals surface area contributed by atoms with E-state index in [0.29, 0.717) is 41.0 Å². The predicted octanol–water partition coefficient (Wildman–Crippen LogP) is 5.10. The van der Waals surface area contributed by atoms with Gasteiger partial charge in [0.1, 0.15) is 17.2 Å². The van der Waals surface area contributed by atoms with E-state index < -0.39 is 6.61 Å². The Morgan fingerprint density at radius 2 is 1.83 bits per heavy atom. The number of benzene rings is 2. The van der Waals surface area contributed by atoms with Gasteiger partial charge in [0.25, 0.3) is 0 Å². The van der Waals surface area contributed by atoms with E-state index in [1.54, 1.807) is 28.8 Å². The fourth-order valence-electron chi connectivity index (χ4n) is 3.52. The second kappa shape index (κ2) is 8.20. The molecule has 0 saturated carbocycles. The summed E-state index contributed by atoms with van der Waals surface area (Å²) >= 11 is 0. The molecule has 154 valence electrons. The maximum Gasteiger partial charge on any atom is 0.387 e. The molecule has 0 saturated heterocycles. The van der Waals surface area contributed by atoms with Gasteiger partial charge in [-0.2, -0.15) is 8.78 Å². The zero-order valence-corrected chi connectivity index (χ0v) is 16.3. The second-order valence-corrected chi connectivity index (χ2v) is 6.97. The molecule has 0 radical (unpaired) electrons. The van der Waals surface area contributed by atoms with Crippen molar-refractivity contribution in [1.82, 2.24) is 9.38 Å². The molecule has 0 unspecified atom stereocenters. The van der Waals surface area contributed by atoms with Gasteiger partial charge in [0, 0.05) is 42.0 Å². The average Bonchev–Trinajstić information content (AvgIpc) is 3.02. The molecule has 2 heterocycles. The number of hydrogen-bond acceptors (Lipinski definition) is 3. The zero-order valence-electron chi connectivity index (χ0n) is 16.3. The van der Waals surface area contributed by atoms with Crippen molar-refractivity contribution in [2.75, 3.05) is 0 Å². The van der Waals surface area contributed by atoms with E-state index in [0.717, 1.165) is 11.3 Å². The molecular weight excluding hydrogens is 391 g/mol. The van der Waals surface area contributed by atoms with E-state index in [-0.39, 0.29) is 11.6 Å². The van der Waals surface area contributed by atoms with Crippen LogP contribution in [0.5, 0.6) is 5.75 Å². The number of ether oxygens (including phenoxy) is 1. The Hall–Kier alpha value is -3.32. The summed E-state index contributed by atoms with van der Waals surface area (Å²) in [4.78, 5) is 4.44. The molecular formula is C23H20F3N3O. The van der Waals surface area contributed by atoms with Crippen molar-refractivity contribution in [2.24, 2.45) is 5.73 Å². The van der Waals surface area contributed by atoms with Crippen LogP contribution < -0.4 is 10.5 Å². The normalized spacial score (nSPS) is 11.4. The lowest BCUT2D eigenvalue weighted by Gasteiger charge is -2.12. The molecule has 4 aromatic rings. The van der Waals surface area contributed by atoms with Crippen LogP contribution in [0, 0.1) is 12.7 Å². The fourth-order valence-corrected chi connectivity index (χ4v) is 3.52. The Labute approximate surface area is 171 Å². The van der Waals surface area contributed by atoms with Crippen molar-refractivity contribution in [3.05, 3.63) is 89.1 Å². The van der Waals surface area contributed by atoms with Crippen molar-refractivity contribution in [2.45, 2.75) is 26.5 Å². The number of halogens is 3. The molecule has 0 fully saturated rings. The van der Waals surface area contributed by atoms with Gasteiger partial charge in [-0.15, -0.1) is 0 Å². The predicted molar refractivity (Wildman–Crippen MR) is 109 cm³/mol. The number of nitrogens with zero attached hydrogens (tertiary/aromatic N) is 2.